The van der Waals surface area contributed by atoms with Crippen LogP contribution in [0.1, 0.15) is 5.56 Å². The van der Waals surface area contributed by atoms with Crippen LogP contribution in [0.5, 0.6) is 5.75 Å². The number of nitrogens with zero attached hydrogens (tertiary/aromatic N) is 1. The van der Waals surface area contributed by atoms with Crippen LogP contribution in [-0.2, 0) is 0 Å². The van der Waals surface area contributed by atoms with Gasteiger partial charge < -0.3 is 4.74 Å². The Morgan fingerprint density at radius 1 is 1.57 bits per heavy atom. The normalized spacial score (nSPS) is 10.4. The number of ether oxygens (including phenoxy) is 1. The maximum Gasteiger partial charge on any atom is 0.235 e. The molecule has 0 amide bonds. The van der Waals surface area contributed by atoms with Crippen molar-refractivity contribution in [3.8, 4) is 5.75 Å². The van der Waals surface area contributed by atoms with E-state index in [4.69, 9.17) is 16.3 Å². The minimum Gasteiger partial charge on any atom is -0.497 e. The van der Waals surface area contributed by atoms with Gasteiger partial charge >= 0.3 is 0 Å². The van der Waals surface area contributed by atoms with Gasteiger partial charge in [0.25, 0.3) is 0 Å². The maximum absolute atomic E-state index is 10.1. The van der Waals surface area contributed by atoms with Crippen molar-refractivity contribution < 1.29 is 9.66 Å². The van der Waals surface area contributed by atoms with Crippen molar-refractivity contribution in [2.75, 3.05) is 7.11 Å². The van der Waals surface area contributed by atoms with Crippen LogP contribution in [0.15, 0.2) is 24.4 Å². The number of hydrogen-bond donors (Lipinski definition) is 0. The standard InChI is InChI=1S/C9H8ClNO3/c1-14-8-2-3-9(10)7(6-8)4-5-11(12)13/h2-6H,1H3. The van der Waals surface area contributed by atoms with Crippen molar-refractivity contribution in [1.82, 2.24) is 0 Å². The second-order valence-electron chi connectivity index (χ2n) is 2.49. The highest BCUT2D eigenvalue weighted by molar-refractivity contribution is 6.32. The summed E-state index contributed by atoms with van der Waals surface area (Å²) in [4.78, 5) is 9.54. The number of hydrogen-bond acceptors (Lipinski definition) is 3. The monoisotopic (exact) mass is 213 g/mol. The molecule has 14 heavy (non-hydrogen) atoms. The molecule has 0 unspecified atom stereocenters. The Bertz CT molecular complexity index is 376. The second kappa shape index (κ2) is 4.62. The van der Waals surface area contributed by atoms with Crippen molar-refractivity contribution in [2.45, 2.75) is 0 Å². The molecule has 0 aromatic heterocycles. The topological polar surface area (TPSA) is 52.4 Å². The first-order chi connectivity index (χ1) is 6.63. The summed E-state index contributed by atoms with van der Waals surface area (Å²) in [5.41, 5.74) is 0.558. The molecule has 0 fully saturated rings. The molecule has 0 saturated heterocycles. The van der Waals surface area contributed by atoms with E-state index in [2.05, 4.69) is 0 Å². The lowest BCUT2D eigenvalue weighted by molar-refractivity contribution is -0.400. The Hall–Kier alpha value is -1.55. The molecular formula is C9H8ClNO3. The summed E-state index contributed by atoms with van der Waals surface area (Å²) < 4.78 is 4.95. The smallest absolute Gasteiger partial charge is 0.235 e. The molecule has 1 aromatic carbocycles. The van der Waals surface area contributed by atoms with Gasteiger partial charge in [-0.1, -0.05) is 11.6 Å². The molecule has 0 aliphatic heterocycles. The van der Waals surface area contributed by atoms with E-state index in [9.17, 15) is 10.1 Å². The first kappa shape index (κ1) is 10.5. The van der Waals surface area contributed by atoms with E-state index in [0.717, 1.165) is 6.20 Å². The zero-order valence-electron chi connectivity index (χ0n) is 7.44. The largest absolute Gasteiger partial charge is 0.497 e. The fourth-order valence-corrected chi connectivity index (χ4v) is 1.10. The molecule has 74 valence electrons. The van der Waals surface area contributed by atoms with Gasteiger partial charge in [-0.05, 0) is 18.2 Å². The quantitative estimate of drug-likeness (QED) is 0.573. The first-order valence-corrected chi connectivity index (χ1v) is 4.16. The van der Waals surface area contributed by atoms with Crippen LogP contribution in [0.3, 0.4) is 0 Å². The van der Waals surface area contributed by atoms with Crippen LogP contribution < -0.4 is 4.74 Å². The van der Waals surface area contributed by atoms with Crippen molar-refractivity contribution >= 4 is 17.7 Å². The third kappa shape index (κ3) is 2.74. The summed E-state index contributed by atoms with van der Waals surface area (Å²) in [5.74, 6) is 0.609. The highest BCUT2D eigenvalue weighted by Crippen LogP contribution is 2.22. The molecule has 0 bridgehead atoms. The Kier molecular flexibility index (Phi) is 3.48. The number of methoxy groups -OCH3 is 1. The average molecular weight is 214 g/mol. The minimum absolute atomic E-state index is 0.448. The van der Waals surface area contributed by atoms with Gasteiger partial charge in [-0.25, -0.2) is 0 Å². The molecule has 0 N–H and O–H groups in total. The molecule has 0 aliphatic carbocycles. The number of rotatable bonds is 3. The maximum atomic E-state index is 10.1. The van der Waals surface area contributed by atoms with Gasteiger partial charge in [0.2, 0.25) is 6.20 Å². The van der Waals surface area contributed by atoms with Gasteiger partial charge in [-0.3, -0.25) is 10.1 Å². The number of halogens is 1. The summed E-state index contributed by atoms with van der Waals surface area (Å²) in [6.45, 7) is 0. The molecule has 5 heteroatoms. The highest BCUT2D eigenvalue weighted by Gasteiger charge is 2.00. The van der Waals surface area contributed by atoms with E-state index in [1.165, 1.54) is 13.2 Å². The summed E-state index contributed by atoms with van der Waals surface area (Å²) in [5, 5.41) is 10.5. The highest BCUT2D eigenvalue weighted by atomic mass is 35.5. The summed E-state index contributed by atoms with van der Waals surface area (Å²) in [6.07, 6.45) is 2.16. The van der Waals surface area contributed by atoms with E-state index in [0.29, 0.717) is 16.3 Å². The summed E-state index contributed by atoms with van der Waals surface area (Å²) in [6, 6.07) is 4.94. The third-order valence-corrected chi connectivity index (χ3v) is 1.92. The van der Waals surface area contributed by atoms with Gasteiger partial charge in [-0.2, -0.15) is 0 Å². The average Bonchev–Trinajstić information content (AvgIpc) is 2.16. The lowest BCUT2D eigenvalue weighted by atomic mass is 10.2. The van der Waals surface area contributed by atoms with Crippen LogP contribution in [0, 0.1) is 10.1 Å². The van der Waals surface area contributed by atoms with Crippen LogP contribution in [-0.4, -0.2) is 12.0 Å². The van der Waals surface area contributed by atoms with E-state index >= 15 is 0 Å². The zero-order valence-corrected chi connectivity index (χ0v) is 8.19. The fraction of sp³-hybridized carbons (Fsp3) is 0.111. The van der Waals surface area contributed by atoms with E-state index < -0.39 is 4.92 Å². The molecule has 1 aromatic rings. The Morgan fingerprint density at radius 2 is 2.29 bits per heavy atom. The number of benzene rings is 1. The Balaban J connectivity index is 3.00. The lowest BCUT2D eigenvalue weighted by Gasteiger charge is -2.01. The molecule has 4 nitrogen and oxygen atoms in total. The van der Waals surface area contributed by atoms with Crippen molar-refractivity contribution in [1.29, 1.82) is 0 Å². The molecule has 0 radical (unpaired) electrons. The predicted octanol–water partition coefficient (Wildman–Crippen LogP) is 2.60. The first-order valence-electron chi connectivity index (χ1n) is 3.78. The van der Waals surface area contributed by atoms with Gasteiger partial charge in [0.1, 0.15) is 5.75 Å². The van der Waals surface area contributed by atoms with Crippen LogP contribution >= 0.6 is 11.6 Å². The van der Waals surface area contributed by atoms with Crippen molar-refractivity contribution in [3.63, 3.8) is 0 Å². The molecule has 1 rings (SSSR count). The SMILES string of the molecule is COc1ccc(Cl)c(C=C[N+](=O)[O-])c1. The van der Waals surface area contributed by atoms with E-state index in [-0.39, 0.29) is 0 Å². The predicted molar refractivity (Wildman–Crippen MR) is 54.0 cm³/mol. The van der Waals surface area contributed by atoms with Gasteiger partial charge in [0.05, 0.1) is 12.0 Å². The fourth-order valence-electron chi connectivity index (χ4n) is 0.918. The Morgan fingerprint density at radius 3 is 2.86 bits per heavy atom. The third-order valence-electron chi connectivity index (χ3n) is 1.58. The molecule has 0 spiro atoms. The van der Waals surface area contributed by atoms with Crippen LogP contribution in [0.4, 0.5) is 0 Å². The second-order valence-corrected chi connectivity index (χ2v) is 2.90. The number of nitro groups is 1. The van der Waals surface area contributed by atoms with Crippen molar-refractivity contribution in [3.05, 3.63) is 45.1 Å². The van der Waals surface area contributed by atoms with Crippen LogP contribution in [0.2, 0.25) is 5.02 Å². The van der Waals surface area contributed by atoms with E-state index in [1.54, 1.807) is 18.2 Å². The summed E-state index contributed by atoms with van der Waals surface area (Å²) >= 11 is 5.81. The van der Waals surface area contributed by atoms with Gasteiger partial charge in [-0.15, -0.1) is 0 Å². The van der Waals surface area contributed by atoms with Gasteiger partial charge in [0, 0.05) is 16.7 Å². The minimum atomic E-state index is -0.546. The van der Waals surface area contributed by atoms with Crippen LogP contribution in [0.25, 0.3) is 6.08 Å². The summed E-state index contributed by atoms with van der Waals surface area (Å²) in [7, 11) is 1.52. The molecule has 0 heterocycles. The zero-order chi connectivity index (χ0) is 10.6. The molecule has 0 atom stereocenters. The Labute approximate surface area is 85.9 Å². The van der Waals surface area contributed by atoms with Crippen molar-refractivity contribution in [2.24, 2.45) is 0 Å². The molecule has 0 saturated carbocycles. The molecule has 0 aliphatic rings. The lowest BCUT2D eigenvalue weighted by Crippen LogP contribution is -1.86. The van der Waals surface area contributed by atoms with Gasteiger partial charge in [0.15, 0.2) is 0 Å². The molecular weight excluding hydrogens is 206 g/mol. The van der Waals surface area contributed by atoms with E-state index in [1.807, 2.05) is 0 Å².